The normalized spacial score (nSPS) is 12.3. The third-order valence-electron chi connectivity index (χ3n) is 3.37. The molecule has 0 aliphatic carbocycles. The molecule has 2 heterocycles. The van der Waals surface area contributed by atoms with Crippen LogP contribution < -0.4 is 4.74 Å². The lowest BCUT2D eigenvalue weighted by molar-refractivity contribution is 0.204. The van der Waals surface area contributed by atoms with Crippen LogP contribution in [0.2, 0.25) is 0 Å². The van der Waals surface area contributed by atoms with Crippen molar-refractivity contribution in [1.82, 2.24) is 19.6 Å². The quantitative estimate of drug-likeness (QED) is 0.792. The van der Waals surface area contributed by atoms with E-state index in [0.717, 1.165) is 5.69 Å². The van der Waals surface area contributed by atoms with Crippen LogP contribution in [0.3, 0.4) is 0 Å². The van der Waals surface area contributed by atoms with Crippen LogP contribution in [0.1, 0.15) is 17.4 Å². The Bertz CT molecular complexity index is 733. The van der Waals surface area contributed by atoms with E-state index in [1.807, 2.05) is 30.3 Å². The van der Waals surface area contributed by atoms with E-state index in [1.54, 1.807) is 42.1 Å². The SMILES string of the molecule is COc1cnn(C)c1C(O)c1cnn(-c2ccccc2)c1. The number of benzene rings is 1. The molecule has 0 amide bonds. The number of para-hydroxylation sites is 1. The smallest absolute Gasteiger partial charge is 0.162 e. The van der Waals surface area contributed by atoms with Crippen molar-refractivity contribution >= 4 is 0 Å². The van der Waals surface area contributed by atoms with Crippen molar-refractivity contribution in [3.05, 3.63) is 60.2 Å². The molecule has 6 heteroatoms. The predicted molar refractivity (Wildman–Crippen MR) is 77.4 cm³/mol. The molecule has 3 aromatic rings. The van der Waals surface area contributed by atoms with Crippen molar-refractivity contribution in [3.63, 3.8) is 0 Å². The van der Waals surface area contributed by atoms with Gasteiger partial charge in [0.2, 0.25) is 0 Å². The molecule has 1 aromatic carbocycles. The van der Waals surface area contributed by atoms with Gasteiger partial charge < -0.3 is 9.84 Å². The average molecular weight is 284 g/mol. The molecule has 1 atom stereocenters. The van der Waals surface area contributed by atoms with Gasteiger partial charge in [0.25, 0.3) is 0 Å². The first-order valence-electron chi connectivity index (χ1n) is 6.54. The largest absolute Gasteiger partial charge is 0.493 e. The number of aryl methyl sites for hydroxylation is 1. The average Bonchev–Trinajstić information content (AvgIpc) is 3.14. The van der Waals surface area contributed by atoms with Gasteiger partial charge >= 0.3 is 0 Å². The Morgan fingerprint density at radius 3 is 2.62 bits per heavy atom. The summed E-state index contributed by atoms with van der Waals surface area (Å²) in [6.07, 6.45) is 4.18. The van der Waals surface area contributed by atoms with E-state index < -0.39 is 6.10 Å². The molecule has 6 nitrogen and oxygen atoms in total. The Labute approximate surface area is 122 Å². The van der Waals surface area contributed by atoms with E-state index in [0.29, 0.717) is 17.0 Å². The molecule has 0 aliphatic heterocycles. The highest BCUT2D eigenvalue weighted by atomic mass is 16.5. The molecule has 108 valence electrons. The first-order chi connectivity index (χ1) is 10.2. The molecule has 1 unspecified atom stereocenters. The summed E-state index contributed by atoms with van der Waals surface area (Å²) >= 11 is 0. The van der Waals surface area contributed by atoms with Crippen LogP contribution in [-0.2, 0) is 7.05 Å². The number of ether oxygens (including phenoxy) is 1. The van der Waals surface area contributed by atoms with E-state index in [-0.39, 0.29) is 0 Å². The highest BCUT2D eigenvalue weighted by Crippen LogP contribution is 2.29. The van der Waals surface area contributed by atoms with Gasteiger partial charge in [-0.05, 0) is 12.1 Å². The molecule has 3 rings (SSSR count). The van der Waals surface area contributed by atoms with Crippen LogP contribution >= 0.6 is 0 Å². The molecular formula is C15H16N4O2. The van der Waals surface area contributed by atoms with Gasteiger partial charge in [0.1, 0.15) is 11.8 Å². The predicted octanol–water partition coefficient (Wildman–Crippen LogP) is 1.70. The molecule has 0 bridgehead atoms. The van der Waals surface area contributed by atoms with Gasteiger partial charge in [0.05, 0.1) is 25.2 Å². The minimum Gasteiger partial charge on any atom is -0.493 e. The monoisotopic (exact) mass is 284 g/mol. The van der Waals surface area contributed by atoms with Gasteiger partial charge in [-0.25, -0.2) is 4.68 Å². The standard InChI is InChI=1S/C15H16N4O2/c1-18-14(13(21-2)9-16-18)15(20)11-8-17-19(10-11)12-6-4-3-5-7-12/h3-10,15,20H,1-2H3. The maximum Gasteiger partial charge on any atom is 0.162 e. The zero-order chi connectivity index (χ0) is 14.8. The van der Waals surface area contributed by atoms with Gasteiger partial charge in [-0.1, -0.05) is 18.2 Å². The molecule has 0 saturated heterocycles. The highest BCUT2D eigenvalue weighted by Gasteiger charge is 2.21. The Morgan fingerprint density at radius 1 is 1.14 bits per heavy atom. The van der Waals surface area contributed by atoms with Crippen LogP contribution in [0.25, 0.3) is 5.69 Å². The summed E-state index contributed by atoms with van der Waals surface area (Å²) in [7, 11) is 3.32. The number of hydrogen-bond donors (Lipinski definition) is 1. The van der Waals surface area contributed by atoms with E-state index in [4.69, 9.17) is 4.74 Å². The number of aromatic nitrogens is 4. The second kappa shape index (κ2) is 5.41. The second-order valence-corrected chi connectivity index (χ2v) is 4.68. The lowest BCUT2D eigenvalue weighted by Gasteiger charge is -2.11. The van der Waals surface area contributed by atoms with E-state index in [9.17, 15) is 5.11 Å². The van der Waals surface area contributed by atoms with Crippen molar-refractivity contribution in [3.8, 4) is 11.4 Å². The Hall–Kier alpha value is -2.60. The molecular weight excluding hydrogens is 268 g/mol. The lowest BCUT2D eigenvalue weighted by Crippen LogP contribution is -2.07. The van der Waals surface area contributed by atoms with Gasteiger partial charge in [0.15, 0.2) is 5.75 Å². The highest BCUT2D eigenvalue weighted by molar-refractivity contribution is 5.35. The Kier molecular flexibility index (Phi) is 3.45. The van der Waals surface area contributed by atoms with Crippen molar-refractivity contribution < 1.29 is 9.84 Å². The van der Waals surface area contributed by atoms with Crippen LogP contribution in [0.15, 0.2) is 48.9 Å². The number of methoxy groups -OCH3 is 1. The molecule has 21 heavy (non-hydrogen) atoms. The summed E-state index contributed by atoms with van der Waals surface area (Å²) in [5.74, 6) is 0.553. The summed E-state index contributed by atoms with van der Waals surface area (Å²) < 4.78 is 8.55. The Morgan fingerprint density at radius 2 is 1.90 bits per heavy atom. The van der Waals surface area contributed by atoms with Crippen molar-refractivity contribution in [2.24, 2.45) is 7.05 Å². The zero-order valence-electron chi connectivity index (χ0n) is 11.8. The molecule has 0 aliphatic rings. The summed E-state index contributed by atoms with van der Waals surface area (Å²) in [5, 5.41) is 18.9. The summed E-state index contributed by atoms with van der Waals surface area (Å²) in [6, 6.07) is 9.74. The molecule has 0 saturated carbocycles. The van der Waals surface area contributed by atoms with Gasteiger partial charge in [-0.2, -0.15) is 10.2 Å². The second-order valence-electron chi connectivity index (χ2n) is 4.68. The van der Waals surface area contributed by atoms with Crippen molar-refractivity contribution in [2.45, 2.75) is 6.10 Å². The molecule has 1 N–H and O–H groups in total. The van der Waals surface area contributed by atoms with Crippen LogP contribution in [-0.4, -0.2) is 31.8 Å². The molecule has 2 aromatic heterocycles. The maximum absolute atomic E-state index is 10.5. The maximum atomic E-state index is 10.5. The van der Waals surface area contributed by atoms with Crippen molar-refractivity contribution in [1.29, 1.82) is 0 Å². The van der Waals surface area contributed by atoms with E-state index >= 15 is 0 Å². The number of aliphatic hydroxyl groups is 1. The molecule has 0 fully saturated rings. The summed E-state index contributed by atoms with van der Waals surface area (Å²) in [4.78, 5) is 0. The fourth-order valence-electron chi connectivity index (χ4n) is 2.25. The van der Waals surface area contributed by atoms with Crippen LogP contribution in [0.4, 0.5) is 0 Å². The lowest BCUT2D eigenvalue weighted by atomic mass is 10.1. The minimum absolute atomic E-state index is 0.553. The minimum atomic E-state index is -0.843. The van der Waals surface area contributed by atoms with Gasteiger partial charge in [-0.3, -0.25) is 4.68 Å². The van der Waals surface area contributed by atoms with Crippen LogP contribution in [0, 0.1) is 0 Å². The van der Waals surface area contributed by atoms with Gasteiger partial charge in [0, 0.05) is 18.8 Å². The zero-order valence-corrected chi connectivity index (χ0v) is 11.8. The Balaban J connectivity index is 1.94. The number of rotatable bonds is 4. The van der Waals surface area contributed by atoms with Gasteiger partial charge in [-0.15, -0.1) is 0 Å². The van der Waals surface area contributed by atoms with E-state index in [1.165, 1.54) is 0 Å². The summed E-state index contributed by atoms with van der Waals surface area (Å²) in [5.41, 5.74) is 2.22. The third-order valence-corrected chi connectivity index (χ3v) is 3.37. The van der Waals surface area contributed by atoms with E-state index in [2.05, 4.69) is 10.2 Å². The first kappa shape index (κ1) is 13.4. The molecule has 0 spiro atoms. The number of aliphatic hydroxyl groups excluding tert-OH is 1. The number of hydrogen-bond acceptors (Lipinski definition) is 4. The van der Waals surface area contributed by atoms with Crippen LogP contribution in [0.5, 0.6) is 5.75 Å². The topological polar surface area (TPSA) is 65.1 Å². The first-order valence-corrected chi connectivity index (χ1v) is 6.54. The fraction of sp³-hybridized carbons (Fsp3) is 0.200. The number of nitrogens with zero attached hydrogens (tertiary/aromatic N) is 4. The summed E-state index contributed by atoms with van der Waals surface area (Å²) in [6.45, 7) is 0. The third kappa shape index (κ3) is 2.41. The molecule has 0 radical (unpaired) electrons. The van der Waals surface area contributed by atoms with Crippen molar-refractivity contribution in [2.75, 3.05) is 7.11 Å². The fourth-order valence-corrected chi connectivity index (χ4v) is 2.25.